The van der Waals surface area contributed by atoms with Gasteiger partial charge in [0.1, 0.15) is 0 Å². The molecule has 3 rings (SSSR count). The summed E-state index contributed by atoms with van der Waals surface area (Å²) in [5, 5.41) is 13.3. The van der Waals surface area contributed by atoms with Crippen molar-refractivity contribution in [3.63, 3.8) is 0 Å². The number of hydrogen-bond donors (Lipinski definition) is 1. The lowest BCUT2D eigenvalue weighted by atomic mass is 10.1. The molecule has 2 aromatic rings. The Bertz CT molecular complexity index is 843. The van der Waals surface area contributed by atoms with Crippen LogP contribution in [0.2, 0.25) is 0 Å². The Kier molecular flexibility index (Phi) is 6.21. The van der Waals surface area contributed by atoms with Crippen molar-refractivity contribution in [1.82, 2.24) is 0 Å². The van der Waals surface area contributed by atoms with Crippen LogP contribution in [0.25, 0.3) is 0 Å². The van der Waals surface area contributed by atoms with Crippen LogP contribution < -0.4 is 10.2 Å². The molecule has 1 amide bonds. The van der Waals surface area contributed by atoms with Crippen LogP contribution in [-0.2, 0) is 9.53 Å². The van der Waals surface area contributed by atoms with Gasteiger partial charge >= 0.3 is 5.97 Å². The third-order valence-electron chi connectivity index (χ3n) is 4.52. The molecule has 0 aliphatic carbocycles. The molecule has 28 heavy (non-hydrogen) atoms. The minimum Gasteiger partial charge on any atom is -0.452 e. The maximum atomic E-state index is 12.0. The Morgan fingerprint density at radius 1 is 1.00 bits per heavy atom. The quantitative estimate of drug-likeness (QED) is 0.466. The van der Waals surface area contributed by atoms with Crippen LogP contribution in [0.3, 0.4) is 0 Å². The van der Waals surface area contributed by atoms with Gasteiger partial charge in [0.05, 0.1) is 10.5 Å². The van der Waals surface area contributed by atoms with Crippen LogP contribution in [-0.4, -0.2) is 36.5 Å². The molecule has 8 heteroatoms. The van der Waals surface area contributed by atoms with Crippen molar-refractivity contribution < 1.29 is 19.2 Å². The average Bonchev–Trinajstić information content (AvgIpc) is 2.73. The van der Waals surface area contributed by atoms with Crippen LogP contribution >= 0.6 is 0 Å². The smallest absolute Gasteiger partial charge is 0.338 e. The molecule has 0 bridgehead atoms. The monoisotopic (exact) mass is 383 g/mol. The van der Waals surface area contributed by atoms with E-state index in [2.05, 4.69) is 10.2 Å². The Balaban J connectivity index is 1.48. The van der Waals surface area contributed by atoms with Crippen LogP contribution in [0.4, 0.5) is 17.1 Å². The standard InChI is InChI=1S/C20H21N3O5/c24-19(14-28-20(25)15-4-8-18(9-5-15)23(26)27)21-16-6-10-17(11-7-16)22-12-2-1-3-13-22/h4-11H,1-3,12-14H2,(H,21,24). The minimum absolute atomic E-state index is 0.123. The van der Waals surface area contributed by atoms with Crippen molar-refractivity contribution in [2.24, 2.45) is 0 Å². The van der Waals surface area contributed by atoms with Gasteiger partial charge in [0.25, 0.3) is 11.6 Å². The number of carbonyl (C=O) groups excluding carboxylic acids is 2. The van der Waals surface area contributed by atoms with Gasteiger partial charge in [-0.1, -0.05) is 0 Å². The van der Waals surface area contributed by atoms with Gasteiger partial charge in [0.2, 0.25) is 0 Å². The zero-order valence-corrected chi connectivity index (χ0v) is 15.3. The number of carbonyl (C=O) groups is 2. The summed E-state index contributed by atoms with van der Waals surface area (Å²) in [7, 11) is 0. The van der Waals surface area contributed by atoms with Gasteiger partial charge in [0, 0.05) is 36.6 Å². The lowest BCUT2D eigenvalue weighted by Crippen LogP contribution is -2.29. The number of amides is 1. The number of ether oxygens (including phenoxy) is 1. The summed E-state index contributed by atoms with van der Waals surface area (Å²) >= 11 is 0. The number of anilines is 2. The lowest BCUT2D eigenvalue weighted by molar-refractivity contribution is -0.384. The number of nitro groups is 1. The second-order valence-electron chi connectivity index (χ2n) is 6.52. The first kappa shape index (κ1) is 19.3. The highest BCUT2D eigenvalue weighted by Gasteiger charge is 2.13. The highest BCUT2D eigenvalue weighted by Crippen LogP contribution is 2.21. The van der Waals surface area contributed by atoms with Gasteiger partial charge in [-0.05, 0) is 55.7 Å². The third-order valence-corrected chi connectivity index (χ3v) is 4.52. The molecule has 0 aromatic heterocycles. The number of esters is 1. The number of rotatable bonds is 6. The first-order chi connectivity index (χ1) is 13.5. The van der Waals surface area contributed by atoms with E-state index in [1.807, 2.05) is 24.3 Å². The summed E-state index contributed by atoms with van der Waals surface area (Å²) in [4.78, 5) is 36.3. The van der Waals surface area contributed by atoms with E-state index in [1.165, 1.54) is 43.5 Å². The molecule has 0 unspecified atom stereocenters. The van der Waals surface area contributed by atoms with E-state index in [0.717, 1.165) is 18.8 Å². The number of hydrogen-bond acceptors (Lipinski definition) is 6. The van der Waals surface area contributed by atoms with Crippen LogP contribution in [0.1, 0.15) is 29.6 Å². The summed E-state index contributed by atoms with van der Waals surface area (Å²) in [5.41, 5.74) is 1.77. The van der Waals surface area contributed by atoms with Gasteiger partial charge in [-0.2, -0.15) is 0 Å². The summed E-state index contributed by atoms with van der Waals surface area (Å²) < 4.78 is 4.95. The van der Waals surface area contributed by atoms with Crippen molar-refractivity contribution in [2.75, 3.05) is 29.9 Å². The molecule has 1 saturated heterocycles. The molecule has 8 nitrogen and oxygen atoms in total. The molecule has 0 spiro atoms. The van der Waals surface area contributed by atoms with Gasteiger partial charge in [-0.25, -0.2) is 4.79 Å². The highest BCUT2D eigenvalue weighted by atomic mass is 16.6. The van der Waals surface area contributed by atoms with Crippen LogP contribution in [0.15, 0.2) is 48.5 Å². The predicted molar refractivity (Wildman–Crippen MR) is 105 cm³/mol. The number of nitro benzene ring substituents is 1. The van der Waals surface area contributed by atoms with Crippen molar-refractivity contribution in [1.29, 1.82) is 0 Å². The second-order valence-corrected chi connectivity index (χ2v) is 6.52. The van der Waals surface area contributed by atoms with Gasteiger partial charge in [-0.15, -0.1) is 0 Å². The SMILES string of the molecule is O=C(COC(=O)c1ccc([N+](=O)[O-])cc1)Nc1ccc(N2CCCCC2)cc1. The zero-order valence-electron chi connectivity index (χ0n) is 15.3. The molecule has 146 valence electrons. The van der Waals surface area contributed by atoms with E-state index in [-0.39, 0.29) is 11.3 Å². The van der Waals surface area contributed by atoms with Gasteiger partial charge in [-0.3, -0.25) is 14.9 Å². The molecule has 1 heterocycles. The highest BCUT2D eigenvalue weighted by molar-refractivity contribution is 5.95. The van der Waals surface area contributed by atoms with Crippen molar-refractivity contribution in [2.45, 2.75) is 19.3 Å². The predicted octanol–water partition coefficient (Wildman–Crippen LogP) is 3.38. The topological polar surface area (TPSA) is 102 Å². The maximum Gasteiger partial charge on any atom is 0.338 e. The second kappa shape index (κ2) is 8.98. The number of non-ortho nitro benzene ring substituents is 1. The largest absolute Gasteiger partial charge is 0.452 e. The van der Waals surface area contributed by atoms with Gasteiger partial charge in [0.15, 0.2) is 6.61 Å². The molecular weight excluding hydrogens is 362 g/mol. The lowest BCUT2D eigenvalue weighted by Gasteiger charge is -2.28. The van der Waals surface area contributed by atoms with E-state index in [0.29, 0.717) is 5.69 Å². The Morgan fingerprint density at radius 2 is 1.64 bits per heavy atom. The minimum atomic E-state index is -0.717. The normalized spacial score (nSPS) is 13.6. The first-order valence-corrected chi connectivity index (χ1v) is 9.09. The molecule has 1 fully saturated rings. The van der Waals surface area contributed by atoms with Crippen molar-refractivity contribution in [3.05, 3.63) is 64.2 Å². The summed E-state index contributed by atoms with van der Waals surface area (Å²) in [6.07, 6.45) is 3.65. The van der Waals surface area contributed by atoms with E-state index in [1.54, 1.807) is 0 Å². The fraction of sp³-hybridized carbons (Fsp3) is 0.300. The Labute approximate surface area is 162 Å². The summed E-state index contributed by atoms with van der Waals surface area (Å²) in [6, 6.07) is 12.6. The van der Waals surface area contributed by atoms with Crippen molar-refractivity contribution in [3.8, 4) is 0 Å². The number of nitrogens with zero attached hydrogens (tertiary/aromatic N) is 2. The molecule has 0 atom stereocenters. The maximum absolute atomic E-state index is 12.0. The van der Waals surface area contributed by atoms with Crippen LogP contribution in [0, 0.1) is 10.1 Å². The molecule has 0 saturated carbocycles. The van der Waals surface area contributed by atoms with Crippen LogP contribution in [0.5, 0.6) is 0 Å². The Morgan fingerprint density at radius 3 is 2.25 bits per heavy atom. The van der Waals surface area contributed by atoms with Crippen molar-refractivity contribution >= 4 is 28.9 Å². The molecular formula is C20H21N3O5. The fourth-order valence-electron chi connectivity index (χ4n) is 3.04. The van der Waals surface area contributed by atoms with Gasteiger partial charge < -0.3 is 15.0 Å². The molecule has 1 aliphatic heterocycles. The number of benzene rings is 2. The fourth-order valence-corrected chi connectivity index (χ4v) is 3.04. The Hall–Kier alpha value is -3.42. The number of piperidine rings is 1. The summed E-state index contributed by atoms with van der Waals surface area (Å²) in [6.45, 7) is 1.65. The third kappa shape index (κ3) is 5.06. The first-order valence-electron chi connectivity index (χ1n) is 9.09. The van der Waals surface area contributed by atoms with E-state index < -0.39 is 23.4 Å². The zero-order chi connectivity index (χ0) is 19.9. The molecule has 1 aliphatic rings. The van der Waals surface area contributed by atoms with E-state index in [9.17, 15) is 19.7 Å². The van der Waals surface area contributed by atoms with E-state index in [4.69, 9.17) is 4.74 Å². The molecule has 0 radical (unpaired) electrons. The average molecular weight is 383 g/mol. The van der Waals surface area contributed by atoms with E-state index >= 15 is 0 Å². The molecule has 1 N–H and O–H groups in total. The summed E-state index contributed by atoms with van der Waals surface area (Å²) in [5.74, 6) is -1.17. The molecule has 2 aromatic carbocycles. The number of nitrogens with one attached hydrogen (secondary N) is 1.